The maximum atomic E-state index is 6.50. The molecule has 0 saturated heterocycles. The number of hydrazone groups is 2. The molecule has 49 heavy (non-hydrogen) atoms. The third kappa shape index (κ3) is 9.77. The van der Waals surface area contributed by atoms with Gasteiger partial charge >= 0.3 is 0 Å². The lowest BCUT2D eigenvalue weighted by Gasteiger charge is -2.27. The van der Waals surface area contributed by atoms with Gasteiger partial charge in [-0.05, 0) is 95.6 Å². The normalized spacial score (nSPS) is 11.8. The quantitative estimate of drug-likeness (QED) is 0.0294. The molecule has 5 aromatic rings. The van der Waals surface area contributed by atoms with Crippen LogP contribution in [0.15, 0.2) is 156 Å². The lowest BCUT2D eigenvalue weighted by molar-refractivity contribution is 0.185. The fourth-order valence-electron chi connectivity index (χ4n) is 5.18. The number of halogens is 1. The second-order valence-corrected chi connectivity index (χ2v) is 16.2. The van der Waals surface area contributed by atoms with Gasteiger partial charge in [0.2, 0.25) is 0 Å². The van der Waals surface area contributed by atoms with Crippen molar-refractivity contribution in [3.8, 4) is 0 Å². The first-order valence-corrected chi connectivity index (χ1v) is 19.5. The van der Waals surface area contributed by atoms with Crippen molar-refractivity contribution in [3.05, 3.63) is 160 Å². The minimum Gasteiger partial charge on any atom is -0.364 e. The summed E-state index contributed by atoms with van der Waals surface area (Å²) in [6.45, 7) is 0.947. The Morgan fingerprint density at radius 3 is 1.51 bits per heavy atom. The highest BCUT2D eigenvalue weighted by atomic mass is 127. The van der Waals surface area contributed by atoms with Gasteiger partial charge in [0.25, 0.3) is 0 Å². The molecule has 0 spiro atoms. The summed E-state index contributed by atoms with van der Waals surface area (Å²) in [4.78, 5) is 0. The van der Waals surface area contributed by atoms with Crippen LogP contribution < -0.4 is 37.4 Å². The van der Waals surface area contributed by atoms with Crippen LogP contribution in [0.5, 0.6) is 0 Å². The van der Waals surface area contributed by atoms with Gasteiger partial charge in [0.05, 0.1) is 6.61 Å². The van der Waals surface area contributed by atoms with Crippen molar-refractivity contribution in [3.63, 3.8) is 0 Å². The minimum absolute atomic E-state index is 0.368. The van der Waals surface area contributed by atoms with Crippen LogP contribution in [-0.2, 0) is 4.74 Å². The van der Waals surface area contributed by atoms with Gasteiger partial charge in [-0.1, -0.05) is 97.1 Å². The highest BCUT2D eigenvalue weighted by Gasteiger charge is 2.45. The van der Waals surface area contributed by atoms with Crippen LogP contribution in [0.25, 0.3) is 0 Å². The molecule has 0 aliphatic heterocycles. The molecule has 0 unspecified atom stereocenters. The Kier molecular flexibility index (Phi) is 13.8. The molecule has 5 rings (SSSR count). The van der Waals surface area contributed by atoms with E-state index < -0.39 is 7.26 Å². The molecule has 0 saturated carbocycles. The zero-order valence-electron chi connectivity index (χ0n) is 26.9. The topological polar surface area (TPSA) is 82.1 Å². The number of nitrogens with one attached hydrogen (secondary N) is 4. The predicted molar refractivity (Wildman–Crippen MR) is 223 cm³/mol. The average Bonchev–Trinajstić information content (AvgIpc) is 3.16. The molecule has 7 nitrogen and oxygen atoms in total. The van der Waals surface area contributed by atoms with Crippen molar-refractivity contribution in [1.82, 2.24) is 21.5 Å². The first kappa shape index (κ1) is 36.2. The SMILES string of the molecule is CNC(=S)NN=C(C(=NNC(=S)NCCOC[P+](c1ccccc1)(c1ccccc1)c1ccccc1)c1ccccc1)c1ccc(I)cc1. The molecule has 0 aliphatic rings. The second kappa shape index (κ2) is 18.6. The van der Waals surface area contributed by atoms with E-state index in [-0.39, 0.29) is 0 Å². The molecule has 0 radical (unpaired) electrons. The average molecular weight is 816 g/mol. The van der Waals surface area contributed by atoms with Gasteiger partial charge in [0.1, 0.15) is 34.6 Å². The van der Waals surface area contributed by atoms with E-state index in [9.17, 15) is 0 Å². The van der Waals surface area contributed by atoms with E-state index in [2.05, 4.69) is 140 Å². The zero-order chi connectivity index (χ0) is 34.3. The summed E-state index contributed by atoms with van der Waals surface area (Å²) in [5.74, 6) is 0. The largest absolute Gasteiger partial charge is 0.364 e. The Hall–Kier alpha value is -4.06. The van der Waals surface area contributed by atoms with Crippen LogP contribution in [0.3, 0.4) is 0 Å². The number of thiocarbonyl (C=S) groups is 2. The van der Waals surface area contributed by atoms with Crippen molar-refractivity contribution < 1.29 is 4.74 Å². The first-order valence-electron chi connectivity index (χ1n) is 15.6. The Morgan fingerprint density at radius 1 is 0.612 bits per heavy atom. The highest BCUT2D eigenvalue weighted by molar-refractivity contribution is 14.1. The Labute approximate surface area is 313 Å². The van der Waals surface area contributed by atoms with Gasteiger partial charge in [-0.25, -0.2) is 0 Å². The van der Waals surface area contributed by atoms with Crippen molar-refractivity contribution in [1.29, 1.82) is 0 Å². The van der Waals surface area contributed by atoms with Crippen LogP contribution in [-0.4, -0.2) is 48.2 Å². The fraction of sp³-hybridized carbons (Fsp3) is 0.105. The Morgan fingerprint density at radius 2 is 1.04 bits per heavy atom. The van der Waals surface area contributed by atoms with Gasteiger partial charge in [-0.15, -0.1) is 0 Å². The number of hydrogen-bond acceptors (Lipinski definition) is 5. The van der Waals surface area contributed by atoms with Crippen molar-refractivity contribution in [2.45, 2.75) is 0 Å². The maximum absolute atomic E-state index is 6.50. The van der Waals surface area contributed by atoms with E-state index in [1.54, 1.807) is 7.05 Å². The van der Waals surface area contributed by atoms with E-state index in [1.165, 1.54) is 15.9 Å². The summed E-state index contributed by atoms with van der Waals surface area (Å²) in [5.41, 5.74) is 8.86. The molecule has 0 aliphatic carbocycles. The minimum atomic E-state index is -2.09. The Balaban J connectivity index is 1.31. The molecule has 0 aromatic heterocycles. The smallest absolute Gasteiger partial charge is 0.187 e. The molecule has 4 N–H and O–H groups in total. The van der Waals surface area contributed by atoms with Crippen LogP contribution in [0, 0.1) is 3.57 Å². The first-order chi connectivity index (χ1) is 24.0. The number of ether oxygens (including phenoxy) is 1. The Bertz CT molecular complexity index is 1770. The molecule has 11 heteroatoms. The van der Waals surface area contributed by atoms with E-state index in [1.807, 2.05) is 54.6 Å². The fourth-order valence-corrected chi connectivity index (χ4v) is 9.52. The monoisotopic (exact) mass is 815 g/mol. The highest BCUT2D eigenvalue weighted by Crippen LogP contribution is 2.55. The predicted octanol–water partition coefficient (Wildman–Crippen LogP) is 5.93. The van der Waals surface area contributed by atoms with Crippen molar-refractivity contribution in [2.75, 3.05) is 26.5 Å². The number of benzene rings is 5. The van der Waals surface area contributed by atoms with E-state index >= 15 is 0 Å². The molecule has 0 atom stereocenters. The summed E-state index contributed by atoms with van der Waals surface area (Å²) >= 11 is 13.2. The standard InChI is InChI=1S/C38H36IN6OPS2/c1-40-37(48)44-42-36(30-22-24-31(39)25-23-30)35(29-14-6-2-7-15-29)43-45-38(49)41-26-27-46-28-47(32-16-8-3-9-17-32,33-18-10-4-11-19-33)34-20-12-5-13-21-34/h2-25H,26-28H2,1H3,(H3-,40,41,42,43,44,45,48,49)/p+1. The molecule has 0 heterocycles. The van der Waals surface area contributed by atoms with Crippen molar-refractivity contribution >= 4 is 91.9 Å². The number of rotatable bonds is 13. The summed E-state index contributed by atoms with van der Waals surface area (Å²) in [5, 5.41) is 20.1. The molecule has 0 amide bonds. The van der Waals surface area contributed by atoms with E-state index in [0.29, 0.717) is 41.1 Å². The van der Waals surface area contributed by atoms with Gasteiger partial charge in [0, 0.05) is 28.3 Å². The van der Waals surface area contributed by atoms with Gasteiger partial charge in [0.15, 0.2) is 16.6 Å². The maximum Gasteiger partial charge on any atom is 0.187 e. The second-order valence-electron chi connectivity index (χ2n) is 10.7. The lowest BCUT2D eigenvalue weighted by Crippen LogP contribution is -2.37. The van der Waals surface area contributed by atoms with Gasteiger partial charge in [-0.2, -0.15) is 10.2 Å². The lowest BCUT2D eigenvalue weighted by atomic mass is 10.00. The number of hydrogen-bond donors (Lipinski definition) is 4. The van der Waals surface area contributed by atoms with Crippen LogP contribution in [0.4, 0.5) is 0 Å². The summed E-state index contributed by atoms with van der Waals surface area (Å²) < 4.78 is 7.61. The summed E-state index contributed by atoms with van der Waals surface area (Å²) in [7, 11) is -0.351. The van der Waals surface area contributed by atoms with E-state index in [0.717, 1.165) is 14.7 Å². The van der Waals surface area contributed by atoms with Crippen LogP contribution in [0.1, 0.15) is 11.1 Å². The molecule has 0 fully saturated rings. The molecule has 248 valence electrons. The third-order valence-electron chi connectivity index (χ3n) is 7.56. The molecular formula is C38H37IN6OPS2+. The molecular weight excluding hydrogens is 778 g/mol. The molecule has 5 aromatic carbocycles. The summed E-state index contributed by atoms with van der Waals surface area (Å²) in [6, 6.07) is 49.9. The zero-order valence-corrected chi connectivity index (χ0v) is 31.6. The van der Waals surface area contributed by atoms with Gasteiger partial charge < -0.3 is 15.4 Å². The number of nitrogens with zero attached hydrogens (tertiary/aromatic N) is 2. The van der Waals surface area contributed by atoms with Crippen LogP contribution >= 0.6 is 54.3 Å². The molecule has 0 bridgehead atoms. The van der Waals surface area contributed by atoms with Crippen LogP contribution in [0.2, 0.25) is 0 Å². The van der Waals surface area contributed by atoms with Crippen molar-refractivity contribution in [2.24, 2.45) is 10.2 Å². The van der Waals surface area contributed by atoms with E-state index in [4.69, 9.17) is 34.3 Å². The third-order valence-corrected chi connectivity index (χ3v) is 12.9. The summed E-state index contributed by atoms with van der Waals surface area (Å²) in [6.07, 6.45) is 0.556. The van der Waals surface area contributed by atoms with Gasteiger partial charge in [-0.3, -0.25) is 10.9 Å².